The number of piperazine rings is 1. The van der Waals surface area contributed by atoms with Crippen molar-refractivity contribution in [3.05, 3.63) is 64.8 Å². The Morgan fingerprint density at radius 2 is 2.00 bits per heavy atom. The van der Waals surface area contributed by atoms with E-state index in [1.807, 2.05) is 17.0 Å². The summed E-state index contributed by atoms with van der Waals surface area (Å²) in [6.07, 6.45) is 4.53. The Morgan fingerprint density at radius 1 is 1.19 bits per heavy atom. The molecule has 162 valence electrons. The third-order valence-corrected chi connectivity index (χ3v) is 7.22. The van der Waals surface area contributed by atoms with Gasteiger partial charge in [0.2, 0.25) is 0 Å². The van der Waals surface area contributed by atoms with Crippen molar-refractivity contribution in [2.45, 2.75) is 31.8 Å². The second kappa shape index (κ2) is 8.80. The molecule has 31 heavy (non-hydrogen) atoms. The van der Waals surface area contributed by atoms with Crippen LogP contribution in [0.5, 0.6) is 0 Å². The molecule has 1 atom stereocenters. The van der Waals surface area contributed by atoms with E-state index in [1.165, 1.54) is 12.1 Å². The molecular formula is C23H25FN4O2S. The highest BCUT2D eigenvalue weighted by Gasteiger charge is 2.29. The lowest BCUT2D eigenvalue weighted by Crippen LogP contribution is -2.52. The molecular weight excluding hydrogens is 415 g/mol. The van der Waals surface area contributed by atoms with Crippen LogP contribution in [0.2, 0.25) is 0 Å². The molecule has 0 saturated carbocycles. The number of aromatic nitrogens is 1. The molecule has 0 bridgehead atoms. The third kappa shape index (κ3) is 4.50. The van der Waals surface area contributed by atoms with Crippen LogP contribution in [0.25, 0.3) is 10.6 Å². The van der Waals surface area contributed by atoms with Gasteiger partial charge in [-0.3, -0.25) is 4.90 Å². The number of fused-ring (bicyclic) bond motifs is 1. The maximum absolute atomic E-state index is 13.3. The highest BCUT2D eigenvalue weighted by Crippen LogP contribution is 2.38. The van der Waals surface area contributed by atoms with Crippen LogP contribution in [0.1, 0.15) is 35.2 Å². The number of benzene rings is 1. The lowest BCUT2D eigenvalue weighted by molar-refractivity contribution is 0.128. The van der Waals surface area contributed by atoms with E-state index in [9.17, 15) is 9.18 Å². The summed E-state index contributed by atoms with van der Waals surface area (Å²) >= 11 is 1.61. The second-order valence-corrected chi connectivity index (χ2v) is 9.10. The fourth-order valence-electron chi connectivity index (χ4n) is 4.25. The van der Waals surface area contributed by atoms with Crippen molar-refractivity contribution in [1.29, 1.82) is 0 Å². The number of furan rings is 1. The van der Waals surface area contributed by atoms with Gasteiger partial charge in [-0.2, -0.15) is 0 Å². The summed E-state index contributed by atoms with van der Waals surface area (Å²) in [5.41, 5.74) is 1.97. The van der Waals surface area contributed by atoms with Gasteiger partial charge in [-0.05, 0) is 55.7 Å². The van der Waals surface area contributed by atoms with Gasteiger partial charge >= 0.3 is 6.03 Å². The lowest BCUT2D eigenvalue weighted by atomic mass is 9.98. The van der Waals surface area contributed by atoms with Crippen molar-refractivity contribution < 1.29 is 13.6 Å². The smallest absolute Gasteiger partial charge is 0.317 e. The first-order valence-corrected chi connectivity index (χ1v) is 11.5. The zero-order chi connectivity index (χ0) is 21.2. The molecule has 2 amide bonds. The number of nitrogens with one attached hydrogen (secondary N) is 1. The van der Waals surface area contributed by atoms with Crippen LogP contribution in [-0.4, -0.2) is 47.0 Å². The van der Waals surface area contributed by atoms with E-state index < -0.39 is 0 Å². The minimum Gasteiger partial charge on any atom is -0.468 e. The fourth-order valence-corrected chi connectivity index (χ4v) is 5.45. The molecule has 6 nitrogen and oxygen atoms in total. The summed E-state index contributed by atoms with van der Waals surface area (Å²) in [5.74, 6) is 0.703. The Hall–Kier alpha value is -2.71. The third-order valence-electron chi connectivity index (χ3n) is 5.96. The summed E-state index contributed by atoms with van der Waals surface area (Å²) in [6.45, 7) is 3.85. The average molecular weight is 441 g/mol. The van der Waals surface area contributed by atoms with Gasteiger partial charge in [-0.15, -0.1) is 11.3 Å². The summed E-state index contributed by atoms with van der Waals surface area (Å²) in [7, 11) is 0. The van der Waals surface area contributed by atoms with Crippen LogP contribution in [-0.2, 0) is 13.0 Å². The Kier molecular flexibility index (Phi) is 5.74. The van der Waals surface area contributed by atoms with Crippen LogP contribution in [0.3, 0.4) is 0 Å². The van der Waals surface area contributed by atoms with E-state index in [0.29, 0.717) is 13.1 Å². The van der Waals surface area contributed by atoms with E-state index in [4.69, 9.17) is 9.40 Å². The molecule has 1 N–H and O–H groups in total. The predicted molar refractivity (Wildman–Crippen MR) is 117 cm³/mol. The lowest BCUT2D eigenvalue weighted by Gasteiger charge is -2.35. The van der Waals surface area contributed by atoms with E-state index in [-0.39, 0.29) is 17.9 Å². The molecule has 2 aliphatic rings. The molecule has 1 aliphatic heterocycles. The van der Waals surface area contributed by atoms with Gasteiger partial charge in [-0.1, -0.05) is 0 Å². The van der Waals surface area contributed by atoms with Gasteiger partial charge in [0, 0.05) is 31.7 Å². The monoisotopic (exact) mass is 440 g/mol. The number of thiazole rings is 1. The number of urea groups is 1. The van der Waals surface area contributed by atoms with E-state index >= 15 is 0 Å². The molecule has 1 unspecified atom stereocenters. The van der Waals surface area contributed by atoms with Crippen LogP contribution in [0, 0.1) is 5.82 Å². The van der Waals surface area contributed by atoms with Crippen molar-refractivity contribution in [1.82, 2.24) is 20.1 Å². The van der Waals surface area contributed by atoms with Crippen molar-refractivity contribution in [3.8, 4) is 10.6 Å². The molecule has 5 rings (SSSR count). The van der Waals surface area contributed by atoms with E-state index in [2.05, 4.69) is 10.2 Å². The Morgan fingerprint density at radius 3 is 2.74 bits per heavy atom. The van der Waals surface area contributed by atoms with Gasteiger partial charge in [-0.25, -0.2) is 14.2 Å². The number of carbonyl (C=O) groups excluding carboxylic acids is 1. The molecule has 1 aliphatic carbocycles. The zero-order valence-electron chi connectivity index (χ0n) is 17.2. The predicted octanol–water partition coefficient (Wildman–Crippen LogP) is 4.45. The topological polar surface area (TPSA) is 61.6 Å². The number of nitrogens with zero attached hydrogens (tertiary/aromatic N) is 3. The first kappa shape index (κ1) is 20.2. The summed E-state index contributed by atoms with van der Waals surface area (Å²) in [5, 5.41) is 4.13. The Labute approximate surface area is 184 Å². The number of carbonyl (C=O) groups is 1. The van der Waals surface area contributed by atoms with Crippen molar-refractivity contribution in [2.24, 2.45) is 0 Å². The number of hydrogen-bond donors (Lipinski definition) is 1. The van der Waals surface area contributed by atoms with E-state index in [0.717, 1.165) is 65.8 Å². The molecule has 0 spiro atoms. The number of rotatable bonds is 4. The molecule has 3 heterocycles. The SMILES string of the molecule is O=C(NC1CCCc2nc(-c3ccc(F)cc3)sc21)N1CCN(Cc2ccco2)CC1. The minimum atomic E-state index is -0.250. The molecule has 1 aromatic carbocycles. The van der Waals surface area contributed by atoms with Crippen molar-refractivity contribution in [2.75, 3.05) is 26.2 Å². The van der Waals surface area contributed by atoms with Gasteiger partial charge in [0.15, 0.2) is 0 Å². The number of halogens is 1. The number of hydrogen-bond acceptors (Lipinski definition) is 5. The summed E-state index contributed by atoms with van der Waals surface area (Å²) in [4.78, 5) is 23.1. The van der Waals surface area contributed by atoms with Crippen LogP contribution in [0.15, 0.2) is 47.1 Å². The molecule has 1 saturated heterocycles. The average Bonchev–Trinajstić information content (AvgIpc) is 3.45. The first-order valence-electron chi connectivity index (χ1n) is 10.7. The second-order valence-electron chi connectivity index (χ2n) is 8.07. The molecule has 0 radical (unpaired) electrons. The highest BCUT2D eigenvalue weighted by atomic mass is 32.1. The number of amides is 2. The summed E-state index contributed by atoms with van der Waals surface area (Å²) in [6, 6.07) is 10.3. The fraction of sp³-hybridized carbons (Fsp3) is 0.391. The molecule has 8 heteroatoms. The van der Waals surface area contributed by atoms with E-state index in [1.54, 1.807) is 29.7 Å². The van der Waals surface area contributed by atoms with Gasteiger partial charge in [0.05, 0.1) is 29.4 Å². The van der Waals surface area contributed by atoms with Crippen LogP contribution < -0.4 is 5.32 Å². The van der Waals surface area contributed by atoms with Gasteiger partial charge in [0.1, 0.15) is 16.6 Å². The zero-order valence-corrected chi connectivity index (χ0v) is 18.0. The van der Waals surface area contributed by atoms with Gasteiger partial charge < -0.3 is 14.6 Å². The Bertz CT molecular complexity index is 1030. The standard InChI is InChI=1S/C23H25FN4O2S/c24-17-8-6-16(7-9-17)22-25-19-4-1-5-20(21(19)31-22)26-23(29)28-12-10-27(11-13-28)15-18-3-2-14-30-18/h2-3,6-9,14,20H,1,4-5,10-13,15H2,(H,26,29). The molecule has 2 aromatic heterocycles. The minimum absolute atomic E-state index is 0.00719. The first-order chi connectivity index (χ1) is 15.2. The van der Waals surface area contributed by atoms with Crippen molar-refractivity contribution in [3.63, 3.8) is 0 Å². The normalized spacial score (nSPS) is 19.3. The number of aryl methyl sites for hydroxylation is 1. The molecule has 3 aromatic rings. The maximum Gasteiger partial charge on any atom is 0.317 e. The largest absolute Gasteiger partial charge is 0.468 e. The van der Waals surface area contributed by atoms with Gasteiger partial charge in [0.25, 0.3) is 0 Å². The maximum atomic E-state index is 13.3. The van der Waals surface area contributed by atoms with Crippen molar-refractivity contribution >= 4 is 17.4 Å². The quantitative estimate of drug-likeness (QED) is 0.651. The highest BCUT2D eigenvalue weighted by molar-refractivity contribution is 7.15. The van der Waals surface area contributed by atoms with Crippen LogP contribution >= 0.6 is 11.3 Å². The molecule has 1 fully saturated rings. The van der Waals surface area contributed by atoms with Crippen LogP contribution in [0.4, 0.5) is 9.18 Å². The Balaban J connectivity index is 1.21. The summed E-state index contributed by atoms with van der Waals surface area (Å²) < 4.78 is 18.7.